The number of nitrogens with one attached hydrogen (secondary N) is 2. The number of anilines is 5. The standard InChI is InChI=1S/C33H33N5O4/c1-23-7-2-3-10-28(23)36-16-18-37(19-17-36)29-14-13-24(21-27(29)35-33(41)30-11-6-20-42-30)32(40)34-25-8-4-9-26(22-25)38-15-5-12-31(38)39/h2-4,6-11,13-14,20-22H,5,12,15-19H2,1H3,(H,34,40)(H,35,41). The molecule has 4 aromatic rings. The van der Waals surface area contributed by atoms with E-state index in [1.807, 2.05) is 30.3 Å². The predicted octanol–water partition coefficient (Wildman–Crippen LogP) is 5.55. The monoisotopic (exact) mass is 563 g/mol. The maximum absolute atomic E-state index is 13.4. The Kier molecular flexibility index (Phi) is 7.64. The van der Waals surface area contributed by atoms with Crippen molar-refractivity contribution in [3.8, 4) is 0 Å². The fourth-order valence-corrected chi connectivity index (χ4v) is 5.63. The molecule has 1 aromatic heterocycles. The third-order valence-electron chi connectivity index (χ3n) is 7.82. The van der Waals surface area contributed by atoms with E-state index in [-0.39, 0.29) is 23.5 Å². The number of benzene rings is 3. The zero-order valence-corrected chi connectivity index (χ0v) is 23.5. The van der Waals surface area contributed by atoms with E-state index in [1.54, 1.807) is 35.2 Å². The van der Waals surface area contributed by atoms with Crippen LogP contribution >= 0.6 is 0 Å². The summed E-state index contributed by atoms with van der Waals surface area (Å²) in [6, 6.07) is 24.3. The van der Waals surface area contributed by atoms with Gasteiger partial charge in [0.15, 0.2) is 5.76 Å². The summed E-state index contributed by atoms with van der Waals surface area (Å²) >= 11 is 0. The number of rotatable bonds is 7. The van der Waals surface area contributed by atoms with Gasteiger partial charge >= 0.3 is 0 Å². The molecule has 0 saturated carbocycles. The number of para-hydroxylation sites is 1. The fraction of sp³-hybridized carbons (Fsp3) is 0.242. The third kappa shape index (κ3) is 5.72. The molecule has 2 fully saturated rings. The number of carbonyl (C=O) groups is 3. The highest BCUT2D eigenvalue weighted by molar-refractivity contribution is 6.08. The summed E-state index contributed by atoms with van der Waals surface area (Å²) in [7, 11) is 0. The van der Waals surface area contributed by atoms with Crippen LogP contribution in [0, 0.1) is 6.92 Å². The molecule has 2 saturated heterocycles. The Labute approximate surface area is 244 Å². The van der Waals surface area contributed by atoms with Gasteiger partial charge in [0.2, 0.25) is 5.91 Å². The second kappa shape index (κ2) is 11.8. The lowest BCUT2D eigenvalue weighted by Crippen LogP contribution is -2.47. The van der Waals surface area contributed by atoms with Crippen LogP contribution in [0.2, 0.25) is 0 Å². The van der Waals surface area contributed by atoms with Gasteiger partial charge in [0.25, 0.3) is 11.8 Å². The molecule has 9 nitrogen and oxygen atoms in total. The Balaban J connectivity index is 1.22. The van der Waals surface area contributed by atoms with E-state index >= 15 is 0 Å². The summed E-state index contributed by atoms with van der Waals surface area (Å²) in [6.45, 7) is 5.96. The van der Waals surface area contributed by atoms with Crippen molar-refractivity contribution in [1.29, 1.82) is 0 Å². The van der Waals surface area contributed by atoms with Crippen LogP contribution in [0.3, 0.4) is 0 Å². The number of carbonyl (C=O) groups excluding carboxylic acids is 3. The highest BCUT2D eigenvalue weighted by atomic mass is 16.3. The Bertz CT molecular complexity index is 1610. The molecule has 0 atom stereocenters. The maximum atomic E-state index is 13.4. The molecule has 2 aliphatic heterocycles. The van der Waals surface area contributed by atoms with Crippen molar-refractivity contribution in [2.24, 2.45) is 0 Å². The Morgan fingerprint density at radius 1 is 0.762 bits per heavy atom. The first kappa shape index (κ1) is 27.1. The maximum Gasteiger partial charge on any atom is 0.291 e. The van der Waals surface area contributed by atoms with Crippen LogP contribution in [0.5, 0.6) is 0 Å². The van der Waals surface area contributed by atoms with Crippen LogP contribution in [-0.2, 0) is 4.79 Å². The van der Waals surface area contributed by atoms with E-state index in [4.69, 9.17) is 4.42 Å². The molecule has 3 aromatic carbocycles. The molecule has 0 spiro atoms. The molecule has 0 bridgehead atoms. The molecule has 2 aliphatic rings. The number of furan rings is 1. The number of hydrogen-bond donors (Lipinski definition) is 2. The first-order valence-electron chi connectivity index (χ1n) is 14.2. The first-order valence-corrected chi connectivity index (χ1v) is 14.2. The van der Waals surface area contributed by atoms with Gasteiger partial charge in [0, 0.05) is 61.8 Å². The lowest BCUT2D eigenvalue weighted by Gasteiger charge is -2.38. The summed E-state index contributed by atoms with van der Waals surface area (Å²) in [4.78, 5) is 44.9. The van der Waals surface area contributed by atoms with E-state index < -0.39 is 0 Å². The van der Waals surface area contributed by atoms with E-state index in [0.29, 0.717) is 29.9 Å². The van der Waals surface area contributed by atoms with Crippen molar-refractivity contribution in [1.82, 2.24) is 0 Å². The van der Waals surface area contributed by atoms with Crippen LogP contribution in [-0.4, -0.2) is 50.4 Å². The van der Waals surface area contributed by atoms with Crippen molar-refractivity contribution < 1.29 is 18.8 Å². The van der Waals surface area contributed by atoms with E-state index in [0.717, 1.165) is 44.0 Å². The molecule has 2 N–H and O–H groups in total. The van der Waals surface area contributed by atoms with Gasteiger partial charge in [-0.25, -0.2) is 0 Å². The number of amides is 3. The smallest absolute Gasteiger partial charge is 0.291 e. The number of aryl methyl sites for hydroxylation is 1. The van der Waals surface area contributed by atoms with Gasteiger partial charge in [0.05, 0.1) is 17.6 Å². The van der Waals surface area contributed by atoms with Gasteiger partial charge in [-0.05, 0) is 73.5 Å². The highest BCUT2D eigenvalue weighted by Crippen LogP contribution is 2.31. The number of piperazine rings is 1. The van der Waals surface area contributed by atoms with Crippen molar-refractivity contribution in [2.75, 3.05) is 58.1 Å². The number of hydrogen-bond acceptors (Lipinski definition) is 6. The van der Waals surface area contributed by atoms with Crippen molar-refractivity contribution in [3.05, 3.63) is 102 Å². The molecule has 0 unspecified atom stereocenters. The average Bonchev–Trinajstić information content (AvgIpc) is 3.70. The van der Waals surface area contributed by atoms with Crippen LogP contribution < -0.4 is 25.3 Å². The average molecular weight is 564 g/mol. The molecule has 6 rings (SSSR count). The Hall–Kier alpha value is -5.05. The summed E-state index contributed by atoms with van der Waals surface area (Å²) in [5.41, 5.74) is 5.60. The lowest BCUT2D eigenvalue weighted by molar-refractivity contribution is -0.117. The van der Waals surface area contributed by atoms with E-state index in [9.17, 15) is 14.4 Å². The topological polar surface area (TPSA) is 98.1 Å². The molecule has 3 heterocycles. The zero-order chi connectivity index (χ0) is 29.1. The molecule has 3 amide bonds. The minimum absolute atomic E-state index is 0.0887. The lowest BCUT2D eigenvalue weighted by atomic mass is 10.1. The quantitative estimate of drug-likeness (QED) is 0.306. The third-order valence-corrected chi connectivity index (χ3v) is 7.82. The highest BCUT2D eigenvalue weighted by Gasteiger charge is 2.24. The second-order valence-electron chi connectivity index (χ2n) is 10.6. The van der Waals surface area contributed by atoms with Gasteiger partial charge < -0.3 is 29.8 Å². The van der Waals surface area contributed by atoms with Crippen molar-refractivity contribution in [3.63, 3.8) is 0 Å². The fourth-order valence-electron chi connectivity index (χ4n) is 5.63. The Morgan fingerprint density at radius 2 is 1.55 bits per heavy atom. The number of nitrogens with zero attached hydrogens (tertiary/aromatic N) is 3. The van der Waals surface area contributed by atoms with E-state index in [1.165, 1.54) is 17.5 Å². The zero-order valence-electron chi connectivity index (χ0n) is 23.5. The van der Waals surface area contributed by atoms with Crippen LogP contribution in [0.25, 0.3) is 0 Å². The normalized spacial score (nSPS) is 15.2. The molecule has 42 heavy (non-hydrogen) atoms. The van der Waals surface area contributed by atoms with Gasteiger partial charge in [0.1, 0.15) is 0 Å². The first-order chi connectivity index (χ1) is 20.5. The van der Waals surface area contributed by atoms with Crippen LogP contribution in [0.4, 0.5) is 28.4 Å². The predicted molar refractivity (Wildman–Crippen MR) is 165 cm³/mol. The summed E-state index contributed by atoms with van der Waals surface area (Å²) in [6.07, 6.45) is 2.82. The molecule has 0 radical (unpaired) electrons. The molecular formula is C33H33N5O4. The van der Waals surface area contributed by atoms with Crippen LogP contribution in [0.15, 0.2) is 89.5 Å². The molecule has 9 heteroatoms. The molecule has 0 aliphatic carbocycles. The molecular weight excluding hydrogens is 530 g/mol. The van der Waals surface area contributed by atoms with Gasteiger partial charge in [-0.15, -0.1) is 0 Å². The van der Waals surface area contributed by atoms with Crippen LogP contribution in [0.1, 0.15) is 39.3 Å². The van der Waals surface area contributed by atoms with Gasteiger partial charge in [-0.2, -0.15) is 0 Å². The van der Waals surface area contributed by atoms with Gasteiger partial charge in [-0.3, -0.25) is 14.4 Å². The minimum atomic E-state index is -0.389. The summed E-state index contributed by atoms with van der Waals surface area (Å²) in [5, 5.41) is 5.91. The molecule has 214 valence electrons. The van der Waals surface area contributed by atoms with E-state index in [2.05, 4.69) is 45.6 Å². The van der Waals surface area contributed by atoms with Crippen molar-refractivity contribution in [2.45, 2.75) is 19.8 Å². The Morgan fingerprint density at radius 3 is 2.26 bits per heavy atom. The van der Waals surface area contributed by atoms with Crippen molar-refractivity contribution >= 4 is 46.2 Å². The summed E-state index contributed by atoms with van der Waals surface area (Å²) in [5.74, 6) is -0.427. The summed E-state index contributed by atoms with van der Waals surface area (Å²) < 4.78 is 5.31. The minimum Gasteiger partial charge on any atom is -0.459 e. The second-order valence-corrected chi connectivity index (χ2v) is 10.6. The SMILES string of the molecule is Cc1ccccc1N1CCN(c2ccc(C(=O)Nc3cccc(N4CCCC4=O)c3)cc2NC(=O)c2ccco2)CC1. The largest absolute Gasteiger partial charge is 0.459 e. The van der Waals surface area contributed by atoms with Gasteiger partial charge in [-0.1, -0.05) is 24.3 Å².